The molecule has 5 nitrogen and oxygen atoms in total. The number of fused-ring (bicyclic) bond motifs is 3. The third-order valence-electron chi connectivity index (χ3n) is 8.76. The van der Waals surface area contributed by atoms with Gasteiger partial charge in [-0.05, 0) is 41.0 Å². The Balaban J connectivity index is 1.37. The van der Waals surface area contributed by atoms with E-state index in [0.29, 0.717) is 6.61 Å². The quantitative estimate of drug-likeness (QED) is 0.316. The van der Waals surface area contributed by atoms with E-state index in [-0.39, 0.29) is 5.41 Å². The number of ether oxygens (including phenoxy) is 3. The SMILES string of the molecule is COc1cccc(C(O)(c2cccc(OC)c2)C23CC[N+](CCOCc4ccccc4)(CC2)CC3)c1. The molecule has 0 spiro atoms. The minimum Gasteiger partial charge on any atom is -0.497 e. The Hall–Kier alpha value is -2.86. The molecule has 5 heteroatoms. The predicted octanol–water partition coefficient (Wildman–Crippen LogP) is 5.16. The van der Waals surface area contributed by atoms with E-state index in [1.165, 1.54) is 5.56 Å². The second-order valence-corrected chi connectivity index (χ2v) is 10.5. The zero-order chi connectivity index (χ0) is 25.1. The zero-order valence-electron chi connectivity index (χ0n) is 21.5. The van der Waals surface area contributed by atoms with E-state index in [4.69, 9.17) is 14.2 Å². The summed E-state index contributed by atoms with van der Waals surface area (Å²) >= 11 is 0. The molecule has 3 aliphatic heterocycles. The topological polar surface area (TPSA) is 47.9 Å². The molecule has 2 bridgehead atoms. The van der Waals surface area contributed by atoms with Crippen molar-refractivity contribution in [1.82, 2.24) is 0 Å². The number of nitrogens with zero attached hydrogens (tertiary/aromatic N) is 1. The summed E-state index contributed by atoms with van der Waals surface area (Å²) in [6.07, 6.45) is 2.91. The van der Waals surface area contributed by atoms with Crippen molar-refractivity contribution < 1.29 is 23.8 Å². The van der Waals surface area contributed by atoms with Crippen LogP contribution in [0.5, 0.6) is 11.5 Å². The van der Waals surface area contributed by atoms with Crippen LogP contribution < -0.4 is 9.47 Å². The van der Waals surface area contributed by atoms with Gasteiger partial charge >= 0.3 is 0 Å². The number of rotatable bonds is 10. The molecule has 0 radical (unpaired) electrons. The van der Waals surface area contributed by atoms with Crippen LogP contribution in [0.4, 0.5) is 0 Å². The second kappa shape index (κ2) is 10.3. The van der Waals surface area contributed by atoms with Crippen LogP contribution in [0.1, 0.15) is 36.0 Å². The molecule has 3 aromatic rings. The van der Waals surface area contributed by atoms with E-state index in [0.717, 1.165) is 79.2 Å². The standard InChI is InChI=1S/C31H38NO4/c1-34-28-12-6-10-26(22-28)31(33,27-11-7-13-29(23-27)35-2)30-14-17-32(18-15-30,19-16-30)20-21-36-24-25-8-4-3-5-9-25/h3-13,22-23,33H,14-21,24H2,1-2H3/q+1. The van der Waals surface area contributed by atoms with Gasteiger partial charge < -0.3 is 23.8 Å². The van der Waals surface area contributed by atoms with Crippen molar-refractivity contribution in [3.63, 3.8) is 0 Å². The molecule has 3 aromatic carbocycles. The molecule has 0 saturated carbocycles. The Morgan fingerprint density at radius 2 is 1.33 bits per heavy atom. The lowest BCUT2D eigenvalue weighted by Gasteiger charge is -2.60. The molecular formula is C31H38NO4+. The number of quaternary nitrogens is 1. The maximum Gasteiger partial charge on any atom is 0.121 e. The van der Waals surface area contributed by atoms with Crippen molar-refractivity contribution in [3.8, 4) is 11.5 Å². The average molecular weight is 489 g/mol. The van der Waals surface area contributed by atoms with Crippen LogP contribution in [0.25, 0.3) is 0 Å². The van der Waals surface area contributed by atoms with Gasteiger partial charge in [-0.1, -0.05) is 54.6 Å². The predicted molar refractivity (Wildman–Crippen MR) is 141 cm³/mol. The first kappa shape index (κ1) is 24.8. The van der Waals surface area contributed by atoms with Gasteiger partial charge in [0.25, 0.3) is 0 Å². The van der Waals surface area contributed by atoms with E-state index in [1.54, 1.807) is 14.2 Å². The molecule has 0 aromatic heterocycles. The van der Waals surface area contributed by atoms with Crippen LogP contribution in [-0.2, 0) is 16.9 Å². The smallest absolute Gasteiger partial charge is 0.121 e. The van der Waals surface area contributed by atoms with E-state index < -0.39 is 5.60 Å². The molecule has 3 heterocycles. The fourth-order valence-electron chi connectivity index (χ4n) is 6.44. The molecular weight excluding hydrogens is 450 g/mol. The number of piperidine rings is 3. The summed E-state index contributed by atoms with van der Waals surface area (Å²) in [5.74, 6) is 1.52. The Bertz CT molecular complexity index is 1090. The summed E-state index contributed by atoms with van der Waals surface area (Å²) in [6.45, 7) is 5.63. The summed E-state index contributed by atoms with van der Waals surface area (Å²) < 4.78 is 18.2. The highest BCUT2D eigenvalue weighted by molar-refractivity contribution is 5.45. The van der Waals surface area contributed by atoms with Gasteiger partial charge in [0.05, 0.1) is 47.1 Å². The molecule has 190 valence electrons. The normalized spacial score (nSPS) is 23.4. The van der Waals surface area contributed by atoms with Gasteiger partial charge in [0.15, 0.2) is 0 Å². The van der Waals surface area contributed by atoms with Crippen LogP contribution >= 0.6 is 0 Å². The lowest BCUT2D eigenvalue weighted by molar-refractivity contribution is -0.946. The minimum atomic E-state index is -1.13. The fourth-order valence-corrected chi connectivity index (χ4v) is 6.44. The van der Waals surface area contributed by atoms with Crippen LogP contribution in [0.3, 0.4) is 0 Å². The third-order valence-corrected chi connectivity index (χ3v) is 8.76. The number of methoxy groups -OCH3 is 2. The summed E-state index contributed by atoms with van der Waals surface area (Å²) in [5, 5.41) is 12.8. The molecule has 1 N–H and O–H groups in total. The van der Waals surface area contributed by atoms with Crippen LogP contribution in [0.15, 0.2) is 78.9 Å². The molecule has 0 atom stereocenters. The largest absolute Gasteiger partial charge is 0.497 e. The van der Waals surface area contributed by atoms with Gasteiger partial charge in [0.2, 0.25) is 0 Å². The van der Waals surface area contributed by atoms with Crippen molar-refractivity contribution in [2.24, 2.45) is 5.41 Å². The monoisotopic (exact) mass is 488 g/mol. The molecule has 0 amide bonds. The van der Waals surface area contributed by atoms with Crippen molar-refractivity contribution >= 4 is 0 Å². The van der Waals surface area contributed by atoms with Gasteiger partial charge in [-0.15, -0.1) is 0 Å². The minimum absolute atomic E-state index is 0.239. The molecule has 3 aliphatic rings. The van der Waals surface area contributed by atoms with Crippen molar-refractivity contribution in [3.05, 3.63) is 95.6 Å². The van der Waals surface area contributed by atoms with E-state index >= 15 is 0 Å². The summed E-state index contributed by atoms with van der Waals surface area (Å²) in [4.78, 5) is 0. The number of hydrogen-bond acceptors (Lipinski definition) is 4. The Kier molecular flexibility index (Phi) is 7.07. The van der Waals surface area contributed by atoms with Crippen molar-refractivity contribution in [1.29, 1.82) is 0 Å². The molecule has 0 unspecified atom stereocenters. The maximum absolute atomic E-state index is 12.8. The molecule has 6 rings (SSSR count). The van der Waals surface area contributed by atoms with E-state index in [1.807, 2.05) is 54.6 Å². The van der Waals surface area contributed by atoms with Crippen molar-refractivity contribution in [2.45, 2.75) is 31.5 Å². The highest BCUT2D eigenvalue weighted by atomic mass is 16.5. The lowest BCUT2D eigenvalue weighted by Crippen LogP contribution is -2.67. The lowest BCUT2D eigenvalue weighted by atomic mass is 9.56. The van der Waals surface area contributed by atoms with Gasteiger partial charge in [-0.25, -0.2) is 0 Å². The van der Waals surface area contributed by atoms with Gasteiger partial charge in [-0.3, -0.25) is 0 Å². The Labute approximate surface area is 214 Å². The zero-order valence-corrected chi connectivity index (χ0v) is 21.5. The molecule has 0 aliphatic carbocycles. The van der Waals surface area contributed by atoms with Gasteiger partial charge in [0, 0.05) is 24.7 Å². The van der Waals surface area contributed by atoms with Crippen LogP contribution in [0.2, 0.25) is 0 Å². The molecule has 3 fully saturated rings. The highest BCUT2D eigenvalue weighted by Gasteiger charge is 2.60. The molecule has 36 heavy (non-hydrogen) atoms. The highest BCUT2D eigenvalue weighted by Crippen LogP contribution is 2.57. The van der Waals surface area contributed by atoms with Crippen LogP contribution in [0, 0.1) is 5.41 Å². The summed E-state index contributed by atoms with van der Waals surface area (Å²) in [6, 6.07) is 26.3. The molecule has 3 saturated heterocycles. The summed E-state index contributed by atoms with van der Waals surface area (Å²) in [5.41, 5.74) is 1.63. The first-order valence-corrected chi connectivity index (χ1v) is 13.0. The average Bonchev–Trinajstić information content (AvgIpc) is 2.96. The van der Waals surface area contributed by atoms with Gasteiger partial charge in [-0.2, -0.15) is 0 Å². The number of hydrogen-bond donors (Lipinski definition) is 1. The number of aliphatic hydroxyl groups is 1. The summed E-state index contributed by atoms with van der Waals surface area (Å²) in [7, 11) is 3.35. The Morgan fingerprint density at radius 1 is 0.778 bits per heavy atom. The maximum atomic E-state index is 12.8. The van der Waals surface area contributed by atoms with Gasteiger partial charge in [0.1, 0.15) is 23.6 Å². The third kappa shape index (κ3) is 4.52. The van der Waals surface area contributed by atoms with E-state index in [2.05, 4.69) is 24.3 Å². The van der Waals surface area contributed by atoms with E-state index in [9.17, 15) is 5.11 Å². The fraction of sp³-hybridized carbons (Fsp3) is 0.419. The Morgan fingerprint density at radius 3 is 1.86 bits per heavy atom. The van der Waals surface area contributed by atoms with Crippen LogP contribution in [-0.4, -0.2) is 56.6 Å². The number of benzene rings is 3. The second-order valence-electron chi connectivity index (χ2n) is 10.5. The van der Waals surface area contributed by atoms with Crippen molar-refractivity contribution in [2.75, 3.05) is 47.0 Å². The first-order valence-electron chi connectivity index (χ1n) is 13.0. The first-order chi connectivity index (χ1) is 17.5.